The SMILES string of the molecule is NC(=NCCC[C@H]([NH3+])C(=O)NCC[NH3+])N[N+](=O)[O-].O=C([O-])C(F)(F)F.O=C([O-])C(F)(F)F. The fourth-order valence-electron chi connectivity index (χ4n) is 1.15. The standard InChI is InChI=1S/C8H19N7O3.2C2HF3O2/c9-3-5-12-7(16)6(10)2-1-4-13-8(11)14-15(17)18;2*3-2(4,5)1(6)7/h6H,1-5,9-10H2,(H,12,16)(H3,11,13,14);2*(H,6,7)/t6-;;/m0../s1. The average molecular weight is 489 g/mol. The lowest BCUT2D eigenvalue weighted by Gasteiger charge is -2.07. The second-order valence-corrected chi connectivity index (χ2v) is 5.19. The molecule has 0 aromatic rings. The molecule has 0 aliphatic heterocycles. The number of nitro groups is 1. The lowest BCUT2D eigenvalue weighted by atomic mass is 10.1. The van der Waals surface area contributed by atoms with Gasteiger partial charge in [0.2, 0.25) is 0 Å². The highest BCUT2D eigenvalue weighted by molar-refractivity contribution is 5.80. The van der Waals surface area contributed by atoms with Crippen LogP contribution in [0, 0.1) is 10.1 Å². The van der Waals surface area contributed by atoms with E-state index in [2.05, 4.69) is 21.8 Å². The number of hydrogen-bond acceptors (Lipinski definition) is 8. The van der Waals surface area contributed by atoms with Crippen molar-refractivity contribution in [3.8, 4) is 0 Å². The van der Waals surface area contributed by atoms with E-state index >= 15 is 0 Å². The van der Waals surface area contributed by atoms with Gasteiger partial charge in [-0.1, -0.05) is 5.43 Å². The number of carboxylic acids is 2. The van der Waals surface area contributed by atoms with Gasteiger partial charge in [0.15, 0.2) is 11.1 Å². The van der Waals surface area contributed by atoms with Crippen molar-refractivity contribution in [1.82, 2.24) is 10.7 Å². The first-order chi connectivity index (χ1) is 14.4. The van der Waals surface area contributed by atoms with Gasteiger partial charge in [-0.15, -0.1) is 0 Å². The minimum absolute atomic E-state index is 0.126. The van der Waals surface area contributed by atoms with Crippen LogP contribution in [-0.2, 0) is 14.4 Å². The molecule has 10 N–H and O–H groups in total. The van der Waals surface area contributed by atoms with Gasteiger partial charge >= 0.3 is 12.4 Å². The van der Waals surface area contributed by atoms with E-state index in [1.165, 1.54) is 0 Å². The maximum atomic E-state index is 11.4. The lowest BCUT2D eigenvalue weighted by molar-refractivity contribution is -0.525. The third kappa shape index (κ3) is 22.9. The quantitative estimate of drug-likeness (QED) is 0.0543. The fourth-order valence-corrected chi connectivity index (χ4v) is 1.15. The van der Waals surface area contributed by atoms with Crippen molar-refractivity contribution in [3.63, 3.8) is 0 Å². The maximum absolute atomic E-state index is 11.4. The van der Waals surface area contributed by atoms with Crippen LogP contribution in [0.4, 0.5) is 26.3 Å². The fraction of sp³-hybridized carbons (Fsp3) is 0.667. The van der Waals surface area contributed by atoms with Crippen LogP contribution in [0.25, 0.3) is 0 Å². The highest BCUT2D eigenvalue weighted by atomic mass is 19.4. The van der Waals surface area contributed by atoms with Gasteiger partial charge in [-0.05, 0) is 6.42 Å². The first-order valence-electron chi connectivity index (χ1n) is 8.03. The summed E-state index contributed by atoms with van der Waals surface area (Å²) in [5, 5.41) is 29.5. The molecule has 32 heavy (non-hydrogen) atoms. The first kappa shape index (κ1) is 33.2. The maximum Gasteiger partial charge on any atom is 0.430 e. The zero-order valence-corrected chi connectivity index (χ0v) is 16.1. The number of aliphatic imine (C=N–C) groups is 1. The van der Waals surface area contributed by atoms with Gasteiger partial charge < -0.3 is 42.3 Å². The normalized spacial score (nSPS) is 12.2. The van der Waals surface area contributed by atoms with Gasteiger partial charge in [0.05, 0.1) is 13.1 Å². The number of hydrazine groups is 1. The predicted molar refractivity (Wildman–Crippen MR) is 85.4 cm³/mol. The summed E-state index contributed by atoms with van der Waals surface area (Å²) in [6.07, 6.45) is -9.27. The van der Waals surface area contributed by atoms with E-state index in [4.69, 9.17) is 25.5 Å². The summed E-state index contributed by atoms with van der Waals surface area (Å²) < 4.78 is 63.1. The van der Waals surface area contributed by atoms with Crippen LogP contribution in [0.15, 0.2) is 4.99 Å². The highest BCUT2D eigenvalue weighted by Crippen LogP contribution is 2.12. The number of aliphatic carboxylic acids is 2. The van der Waals surface area contributed by atoms with Crippen LogP contribution >= 0.6 is 0 Å². The highest BCUT2D eigenvalue weighted by Gasteiger charge is 2.29. The summed E-state index contributed by atoms with van der Waals surface area (Å²) in [5.74, 6) is -6.39. The number of nitrogens with one attached hydrogen (secondary N) is 2. The number of quaternary nitrogens is 2. The number of halogens is 6. The molecular formula is C12H21F6N7O7. The number of guanidine groups is 1. The van der Waals surface area contributed by atoms with Crippen molar-refractivity contribution in [2.75, 3.05) is 19.6 Å². The van der Waals surface area contributed by atoms with Crippen molar-refractivity contribution >= 4 is 23.8 Å². The van der Waals surface area contributed by atoms with Crippen LogP contribution in [0.3, 0.4) is 0 Å². The minimum atomic E-state index is -5.19. The number of nitrogens with two attached hydrogens (primary N) is 1. The summed E-state index contributed by atoms with van der Waals surface area (Å²) in [7, 11) is 0. The summed E-state index contributed by atoms with van der Waals surface area (Å²) >= 11 is 0. The lowest BCUT2D eigenvalue weighted by Crippen LogP contribution is -2.68. The molecule has 0 spiro atoms. The summed E-state index contributed by atoms with van der Waals surface area (Å²) in [5.41, 5.74) is 14.3. The minimum Gasteiger partial charge on any atom is -0.542 e. The van der Waals surface area contributed by atoms with E-state index in [0.29, 0.717) is 32.5 Å². The van der Waals surface area contributed by atoms with Crippen LogP contribution in [0.5, 0.6) is 0 Å². The molecule has 1 amide bonds. The zero-order valence-electron chi connectivity index (χ0n) is 16.1. The van der Waals surface area contributed by atoms with Crippen LogP contribution in [0.1, 0.15) is 12.8 Å². The molecule has 0 saturated carbocycles. The Labute approximate surface area is 174 Å². The van der Waals surface area contributed by atoms with Gasteiger partial charge in [-0.25, -0.2) is 15.1 Å². The molecule has 188 valence electrons. The van der Waals surface area contributed by atoms with E-state index in [0.717, 1.165) is 0 Å². The van der Waals surface area contributed by atoms with E-state index in [-0.39, 0.29) is 17.9 Å². The number of carbonyl (C=O) groups is 3. The Bertz CT molecular complexity index is 619. The largest absolute Gasteiger partial charge is 0.542 e. The number of rotatable bonds is 8. The summed E-state index contributed by atoms with van der Waals surface area (Å²) in [6.45, 7) is 1.47. The number of carbonyl (C=O) groups excluding carboxylic acids is 3. The molecular weight excluding hydrogens is 468 g/mol. The number of nitrogens with zero attached hydrogens (tertiary/aromatic N) is 2. The van der Waals surface area contributed by atoms with Gasteiger partial charge in [0.25, 0.3) is 11.9 Å². The van der Waals surface area contributed by atoms with Crippen LogP contribution in [0.2, 0.25) is 0 Å². The molecule has 0 aromatic carbocycles. The Morgan fingerprint density at radius 3 is 1.78 bits per heavy atom. The molecule has 20 heteroatoms. The van der Waals surface area contributed by atoms with E-state index in [1.54, 1.807) is 5.43 Å². The topological polar surface area (TPSA) is 258 Å². The Hall–Kier alpha value is -3.42. The van der Waals surface area contributed by atoms with Crippen LogP contribution < -0.4 is 38.2 Å². The summed E-state index contributed by atoms with van der Waals surface area (Å²) in [4.78, 5) is 42.7. The van der Waals surface area contributed by atoms with Gasteiger partial charge in [0, 0.05) is 13.0 Å². The molecule has 0 rings (SSSR count). The molecule has 14 nitrogen and oxygen atoms in total. The monoisotopic (exact) mass is 489 g/mol. The molecule has 0 heterocycles. The first-order valence-corrected chi connectivity index (χ1v) is 8.03. The van der Waals surface area contributed by atoms with Gasteiger partial charge in [0.1, 0.15) is 11.9 Å². The zero-order chi connectivity index (χ0) is 26.1. The average Bonchev–Trinajstić information content (AvgIpc) is 2.61. The molecule has 0 aliphatic rings. The van der Waals surface area contributed by atoms with Crippen molar-refractivity contribution in [1.29, 1.82) is 0 Å². The number of amides is 1. The number of hydrogen-bond donors (Lipinski definition) is 5. The van der Waals surface area contributed by atoms with Crippen molar-refractivity contribution in [3.05, 3.63) is 10.1 Å². The van der Waals surface area contributed by atoms with Crippen LogP contribution in [-0.4, -0.2) is 66.9 Å². The van der Waals surface area contributed by atoms with Crippen molar-refractivity contribution < 1.29 is 67.4 Å². The molecule has 0 fully saturated rings. The third-order valence-electron chi connectivity index (χ3n) is 2.51. The molecule has 0 radical (unpaired) electrons. The summed E-state index contributed by atoms with van der Waals surface area (Å²) in [6, 6.07) is -0.364. The predicted octanol–water partition coefficient (Wildman–Crippen LogP) is -5.57. The van der Waals surface area contributed by atoms with Crippen molar-refractivity contribution in [2.45, 2.75) is 31.2 Å². The second-order valence-electron chi connectivity index (χ2n) is 5.19. The Balaban J connectivity index is -0.000000491. The molecule has 0 saturated heterocycles. The number of alkyl halides is 6. The Morgan fingerprint density at radius 2 is 1.47 bits per heavy atom. The van der Waals surface area contributed by atoms with Gasteiger partial charge in [-0.2, -0.15) is 26.3 Å². The van der Waals surface area contributed by atoms with Crippen molar-refractivity contribution in [2.24, 2.45) is 10.7 Å². The smallest absolute Gasteiger partial charge is 0.430 e. The molecule has 0 aliphatic carbocycles. The molecule has 0 unspecified atom stereocenters. The molecule has 0 aromatic heterocycles. The molecule has 1 atom stereocenters. The number of carboxylic acid groups (broad SMARTS) is 2. The van der Waals surface area contributed by atoms with E-state index < -0.39 is 29.3 Å². The van der Waals surface area contributed by atoms with E-state index in [9.17, 15) is 41.3 Å². The van der Waals surface area contributed by atoms with E-state index in [1.807, 2.05) is 0 Å². The Kier molecular flexibility index (Phi) is 16.9. The third-order valence-corrected chi connectivity index (χ3v) is 2.51. The molecule has 0 bridgehead atoms. The van der Waals surface area contributed by atoms with Gasteiger partial charge in [-0.3, -0.25) is 4.79 Å². The Morgan fingerprint density at radius 1 is 1.06 bits per heavy atom. The second kappa shape index (κ2) is 16.3.